The molecule has 2 N–H and O–H groups in total. The molecular weight excluding hydrogens is 396 g/mol. The Morgan fingerprint density at radius 2 is 1.55 bits per heavy atom. The fraction of sp³-hybridized carbons (Fsp3) is 0.375. The molecule has 2 aromatic carbocycles. The number of carbonyl (C=O) groups is 3. The predicted molar refractivity (Wildman–Crippen MR) is 118 cm³/mol. The molecule has 166 valence electrons. The molecule has 0 heterocycles. The Kier molecular flexibility index (Phi) is 9.06. The van der Waals surface area contributed by atoms with Crippen LogP contribution in [0.2, 0.25) is 0 Å². The Balaban J connectivity index is 1.95. The van der Waals surface area contributed by atoms with Crippen molar-refractivity contribution < 1.29 is 23.9 Å². The predicted octanol–water partition coefficient (Wildman–Crippen LogP) is 3.26. The molecule has 0 aliphatic rings. The quantitative estimate of drug-likeness (QED) is 0.569. The zero-order valence-corrected chi connectivity index (χ0v) is 18.4. The second-order valence-electron chi connectivity index (χ2n) is 7.43. The molecule has 0 aliphatic carbocycles. The molecule has 2 atom stereocenters. The summed E-state index contributed by atoms with van der Waals surface area (Å²) < 4.78 is 10.7. The van der Waals surface area contributed by atoms with Gasteiger partial charge in [-0.1, -0.05) is 56.3 Å². The zero-order valence-electron chi connectivity index (χ0n) is 18.4. The van der Waals surface area contributed by atoms with Crippen LogP contribution in [-0.2, 0) is 14.3 Å². The fourth-order valence-corrected chi connectivity index (χ4v) is 2.99. The normalized spacial score (nSPS) is 12.5. The van der Waals surface area contributed by atoms with Crippen LogP contribution in [0, 0.1) is 5.92 Å². The van der Waals surface area contributed by atoms with Gasteiger partial charge in [-0.05, 0) is 37.5 Å². The maximum atomic E-state index is 12.7. The molecule has 0 bridgehead atoms. The SMILES string of the molecule is CCOc1ccccc1C(=O)N[C@H](C(=O)OCC(=O)N[C@@H](C)c1ccccc1)C(C)C. The minimum Gasteiger partial charge on any atom is -0.493 e. The lowest BCUT2D eigenvalue weighted by molar-refractivity contribution is -0.151. The summed E-state index contributed by atoms with van der Waals surface area (Å²) in [5, 5.41) is 5.48. The highest BCUT2D eigenvalue weighted by molar-refractivity contribution is 5.99. The van der Waals surface area contributed by atoms with Crippen molar-refractivity contribution in [2.45, 2.75) is 39.8 Å². The zero-order chi connectivity index (χ0) is 22.8. The summed E-state index contributed by atoms with van der Waals surface area (Å²) in [7, 11) is 0. The van der Waals surface area contributed by atoms with Gasteiger partial charge in [0.2, 0.25) is 0 Å². The molecule has 2 aromatic rings. The number of esters is 1. The largest absolute Gasteiger partial charge is 0.493 e. The number of nitrogens with one attached hydrogen (secondary N) is 2. The summed E-state index contributed by atoms with van der Waals surface area (Å²) in [5.41, 5.74) is 1.28. The molecule has 2 amide bonds. The summed E-state index contributed by atoms with van der Waals surface area (Å²) in [6.45, 7) is 7.24. The summed E-state index contributed by atoms with van der Waals surface area (Å²) in [6, 6.07) is 15.2. The van der Waals surface area contributed by atoms with E-state index in [1.807, 2.05) is 44.2 Å². The fourth-order valence-electron chi connectivity index (χ4n) is 2.99. The first-order chi connectivity index (χ1) is 14.8. The number of para-hydroxylation sites is 1. The molecule has 0 radical (unpaired) electrons. The van der Waals surface area contributed by atoms with Gasteiger partial charge < -0.3 is 20.1 Å². The van der Waals surface area contributed by atoms with E-state index in [9.17, 15) is 14.4 Å². The maximum absolute atomic E-state index is 12.7. The lowest BCUT2D eigenvalue weighted by Gasteiger charge is -2.22. The van der Waals surface area contributed by atoms with Gasteiger partial charge in [0.15, 0.2) is 6.61 Å². The summed E-state index contributed by atoms with van der Waals surface area (Å²) in [4.78, 5) is 37.5. The van der Waals surface area contributed by atoms with Crippen LogP contribution >= 0.6 is 0 Å². The van der Waals surface area contributed by atoms with Gasteiger partial charge in [-0.25, -0.2) is 4.79 Å². The van der Waals surface area contributed by atoms with Crippen LogP contribution in [0.3, 0.4) is 0 Å². The molecule has 0 unspecified atom stereocenters. The lowest BCUT2D eigenvalue weighted by Crippen LogP contribution is -2.46. The first kappa shape index (κ1) is 23.9. The maximum Gasteiger partial charge on any atom is 0.329 e. The van der Waals surface area contributed by atoms with Crippen molar-refractivity contribution >= 4 is 17.8 Å². The third-order valence-electron chi connectivity index (χ3n) is 4.66. The van der Waals surface area contributed by atoms with Gasteiger partial charge in [-0.3, -0.25) is 9.59 Å². The van der Waals surface area contributed by atoms with Gasteiger partial charge >= 0.3 is 5.97 Å². The second kappa shape index (κ2) is 11.7. The van der Waals surface area contributed by atoms with E-state index in [1.54, 1.807) is 38.1 Å². The van der Waals surface area contributed by atoms with Crippen molar-refractivity contribution in [1.29, 1.82) is 0 Å². The lowest BCUT2D eigenvalue weighted by atomic mass is 10.0. The first-order valence-corrected chi connectivity index (χ1v) is 10.4. The van der Waals surface area contributed by atoms with E-state index in [2.05, 4.69) is 10.6 Å². The number of carbonyl (C=O) groups excluding carboxylic acids is 3. The molecule has 2 rings (SSSR count). The number of amides is 2. The van der Waals surface area contributed by atoms with E-state index in [0.717, 1.165) is 5.56 Å². The van der Waals surface area contributed by atoms with Crippen LogP contribution in [0.5, 0.6) is 5.75 Å². The molecule has 7 nitrogen and oxygen atoms in total. The van der Waals surface area contributed by atoms with Crippen LogP contribution in [0.25, 0.3) is 0 Å². The minimum atomic E-state index is -0.901. The second-order valence-corrected chi connectivity index (χ2v) is 7.43. The number of hydrogen-bond acceptors (Lipinski definition) is 5. The highest BCUT2D eigenvalue weighted by atomic mass is 16.5. The van der Waals surface area contributed by atoms with Crippen molar-refractivity contribution in [2.24, 2.45) is 5.92 Å². The van der Waals surface area contributed by atoms with Gasteiger partial charge in [0.25, 0.3) is 11.8 Å². The number of benzene rings is 2. The van der Waals surface area contributed by atoms with Crippen LogP contribution in [0.4, 0.5) is 0 Å². The number of hydrogen-bond donors (Lipinski definition) is 2. The van der Waals surface area contributed by atoms with E-state index in [1.165, 1.54) is 0 Å². The molecule has 0 aromatic heterocycles. The van der Waals surface area contributed by atoms with E-state index < -0.39 is 30.4 Å². The number of rotatable bonds is 10. The van der Waals surface area contributed by atoms with Crippen LogP contribution in [0.15, 0.2) is 54.6 Å². The third-order valence-corrected chi connectivity index (χ3v) is 4.66. The molecule has 0 aliphatic heterocycles. The Hall–Kier alpha value is -3.35. The molecule has 0 saturated carbocycles. The van der Waals surface area contributed by atoms with Crippen molar-refractivity contribution in [3.63, 3.8) is 0 Å². The van der Waals surface area contributed by atoms with Gasteiger partial charge in [0, 0.05) is 0 Å². The first-order valence-electron chi connectivity index (χ1n) is 10.4. The Labute approximate surface area is 183 Å². The summed E-state index contributed by atoms with van der Waals surface area (Å²) in [6.07, 6.45) is 0. The van der Waals surface area contributed by atoms with Crippen molar-refractivity contribution in [1.82, 2.24) is 10.6 Å². The smallest absolute Gasteiger partial charge is 0.329 e. The molecule has 31 heavy (non-hydrogen) atoms. The van der Waals surface area contributed by atoms with E-state index in [0.29, 0.717) is 17.9 Å². The van der Waals surface area contributed by atoms with Gasteiger partial charge in [-0.15, -0.1) is 0 Å². The Morgan fingerprint density at radius 1 is 0.903 bits per heavy atom. The summed E-state index contributed by atoms with van der Waals surface area (Å²) >= 11 is 0. The average molecular weight is 427 g/mol. The van der Waals surface area contributed by atoms with E-state index >= 15 is 0 Å². The highest BCUT2D eigenvalue weighted by Gasteiger charge is 2.28. The molecule has 0 spiro atoms. The molecule has 0 saturated heterocycles. The highest BCUT2D eigenvalue weighted by Crippen LogP contribution is 2.18. The van der Waals surface area contributed by atoms with Crippen LogP contribution in [-0.4, -0.2) is 37.0 Å². The third kappa shape index (κ3) is 7.13. The summed E-state index contributed by atoms with van der Waals surface area (Å²) in [5.74, 6) is -1.32. The van der Waals surface area contributed by atoms with E-state index in [-0.39, 0.29) is 12.0 Å². The standard InChI is InChI=1S/C24H30N2O5/c1-5-30-20-14-10-9-13-19(20)23(28)26-22(16(2)3)24(29)31-15-21(27)25-17(4)18-11-7-6-8-12-18/h6-14,16-17,22H,5,15H2,1-4H3,(H,25,27)(H,26,28)/t17-,22-/m0/s1. The van der Waals surface area contributed by atoms with Gasteiger partial charge in [-0.2, -0.15) is 0 Å². The van der Waals surface area contributed by atoms with Crippen molar-refractivity contribution in [3.05, 3.63) is 65.7 Å². The monoisotopic (exact) mass is 426 g/mol. The van der Waals surface area contributed by atoms with Crippen molar-refractivity contribution in [2.75, 3.05) is 13.2 Å². The van der Waals surface area contributed by atoms with Gasteiger partial charge in [0.1, 0.15) is 11.8 Å². The van der Waals surface area contributed by atoms with Crippen molar-refractivity contribution in [3.8, 4) is 5.75 Å². The molecular formula is C24H30N2O5. The Bertz CT molecular complexity index is 883. The van der Waals surface area contributed by atoms with Gasteiger partial charge in [0.05, 0.1) is 18.2 Å². The molecule has 7 heteroatoms. The number of ether oxygens (including phenoxy) is 2. The van der Waals surface area contributed by atoms with E-state index in [4.69, 9.17) is 9.47 Å². The Morgan fingerprint density at radius 3 is 2.19 bits per heavy atom. The van der Waals surface area contributed by atoms with Crippen LogP contribution < -0.4 is 15.4 Å². The molecule has 0 fully saturated rings. The average Bonchev–Trinajstić information content (AvgIpc) is 2.76. The topological polar surface area (TPSA) is 93.7 Å². The minimum absolute atomic E-state index is 0.219. The van der Waals surface area contributed by atoms with Crippen LogP contribution in [0.1, 0.15) is 49.7 Å².